The highest BCUT2D eigenvalue weighted by atomic mass is 16.5. The Hall–Kier alpha value is -1.06. The van der Waals surface area contributed by atoms with Crippen LogP contribution in [0.2, 0.25) is 0 Å². The summed E-state index contributed by atoms with van der Waals surface area (Å²) in [6, 6.07) is 8.72. The van der Waals surface area contributed by atoms with Crippen molar-refractivity contribution in [2.75, 3.05) is 7.11 Å². The summed E-state index contributed by atoms with van der Waals surface area (Å²) in [6.45, 7) is 4.96. The first-order valence-electron chi connectivity index (χ1n) is 7.21. The van der Waals surface area contributed by atoms with Crippen LogP contribution in [-0.4, -0.2) is 25.4 Å². The lowest BCUT2D eigenvalue weighted by molar-refractivity contribution is 0.0846. The van der Waals surface area contributed by atoms with Crippen LogP contribution in [0.1, 0.15) is 38.7 Å². The van der Waals surface area contributed by atoms with E-state index in [0.29, 0.717) is 12.1 Å². The van der Waals surface area contributed by atoms with Crippen molar-refractivity contribution >= 4 is 0 Å². The first kappa shape index (κ1) is 14.4. The minimum absolute atomic E-state index is 0.208. The molecule has 106 valence electrons. The van der Waals surface area contributed by atoms with Gasteiger partial charge in [-0.15, -0.1) is 0 Å². The third-order valence-electron chi connectivity index (χ3n) is 3.65. The van der Waals surface area contributed by atoms with Gasteiger partial charge in [0.25, 0.3) is 0 Å². The Kier molecular flexibility index (Phi) is 5.23. The fraction of sp³-hybridized carbons (Fsp3) is 0.625. The van der Waals surface area contributed by atoms with Gasteiger partial charge in [-0.3, -0.25) is 0 Å². The van der Waals surface area contributed by atoms with Crippen LogP contribution in [0.5, 0.6) is 5.75 Å². The number of hydrogen-bond donors (Lipinski definition) is 1. The zero-order valence-electron chi connectivity index (χ0n) is 12.2. The molecule has 0 amide bonds. The maximum Gasteiger partial charge on any atom is 0.124 e. The van der Waals surface area contributed by atoms with Gasteiger partial charge < -0.3 is 14.8 Å². The molecule has 0 bridgehead atoms. The largest absolute Gasteiger partial charge is 0.491 e. The zero-order chi connectivity index (χ0) is 13.7. The van der Waals surface area contributed by atoms with Crippen molar-refractivity contribution in [3.8, 4) is 5.75 Å². The number of benzene rings is 1. The van der Waals surface area contributed by atoms with Crippen LogP contribution in [0.4, 0.5) is 0 Å². The molecular formula is C16H25NO2. The molecule has 0 aliphatic heterocycles. The molecule has 0 aromatic heterocycles. The molecule has 1 aromatic carbocycles. The van der Waals surface area contributed by atoms with E-state index in [1.54, 1.807) is 7.11 Å². The molecule has 0 heterocycles. The van der Waals surface area contributed by atoms with Crippen LogP contribution >= 0.6 is 0 Å². The minimum atomic E-state index is 0.208. The van der Waals surface area contributed by atoms with Crippen LogP contribution in [0.25, 0.3) is 0 Å². The normalized spacial score (nSPS) is 22.9. The van der Waals surface area contributed by atoms with Gasteiger partial charge in [-0.05, 0) is 39.2 Å². The topological polar surface area (TPSA) is 30.5 Å². The van der Waals surface area contributed by atoms with Crippen molar-refractivity contribution in [1.29, 1.82) is 0 Å². The van der Waals surface area contributed by atoms with Gasteiger partial charge in [-0.1, -0.05) is 18.2 Å². The lowest BCUT2D eigenvalue weighted by atomic mass is 10.1. The first-order valence-corrected chi connectivity index (χ1v) is 7.21. The van der Waals surface area contributed by atoms with Crippen molar-refractivity contribution in [2.45, 2.75) is 57.9 Å². The SMILES string of the molecule is COC1CCCC1NCc1ccccc1OC(C)C. The second-order valence-electron chi connectivity index (χ2n) is 5.47. The van der Waals surface area contributed by atoms with Gasteiger partial charge >= 0.3 is 0 Å². The highest BCUT2D eigenvalue weighted by Gasteiger charge is 2.26. The number of hydrogen-bond acceptors (Lipinski definition) is 3. The molecule has 1 aromatic rings. The van der Waals surface area contributed by atoms with Gasteiger partial charge in [0.1, 0.15) is 5.75 Å². The summed E-state index contributed by atoms with van der Waals surface area (Å²) in [5.41, 5.74) is 1.22. The van der Waals surface area contributed by atoms with Gasteiger partial charge in [0.05, 0.1) is 12.2 Å². The quantitative estimate of drug-likeness (QED) is 0.855. The summed E-state index contributed by atoms with van der Waals surface area (Å²) in [7, 11) is 1.81. The van der Waals surface area contributed by atoms with Gasteiger partial charge in [0.15, 0.2) is 0 Å². The van der Waals surface area contributed by atoms with Crippen LogP contribution in [-0.2, 0) is 11.3 Å². The molecule has 19 heavy (non-hydrogen) atoms. The fourth-order valence-corrected chi connectivity index (χ4v) is 2.70. The van der Waals surface area contributed by atoms with E-state index in [2.05, 4.69) is 31.3 Å². The molecule has 0 saturated heterocycles. The zero-order valence-corrected chi connectivity index (χ0v) is 12.2. The molecule has 1 saturated carbocycles. The number of para-hydroxylation sites is 1. The summed E-state index contributed by atoms with van der Waals surface area (Å²) in [5.74, 6) is 0.983. The van der Waals surface area contributed by atoms with Crippen LogP contribution in [0.15, 0.2) is 24.3 Å². The van der Waals surface area contributed by atoms with Crippen molar-refractivity contribution < 1.29 is 9.47 Å². The van der Waals surface area contributed by atoms with Crippen molar-refractivity contribution in [1.82, 2.24) is 5.32 Å². The van der Waals surface area contributed by atoms with E-state index in [1.165, 1.54) is 18.4 Å². The van der Waals surface area contributed by atoms with Crippen molar-refractivity contribution in [3.05, 3.63) is 29.8 Å². The molecule has 1 N–H and O–H groups in total. The maximum absolute atomic E-state index is 5.84. The summed E-state index contributed by atoms with van der Waals surface area (Å²) >= 11 is 0. The molecular weight excluding hydrogens is 238 g/mol. The third kappa shape index (κ3) is 3.95. The van der Waals surface area contributed by atoms with E-state index in [-0.39, 0.29) is 6.10 Å². The van der Waals surface area contributed by atoms with Crippen molar-refractivity contribution in [3.63, 3.8) is 0 Å². The van der Waals surface area contributed by atoms with E-state index in [0.717, 1.165) is 18.7 Å². The molecule has 3 nitrogen and oxygen atoms in total. The van der Waals surface area contributed by atoms with Gasteiger partial charge in [-0.25, -0.2) is 0 Å². The highest BCUT2D eigenvalue weighted by molar-refractivity contribution is 5.33. The van der Waals surface area contributed by atoms with Crippen LogP contribution in [0.3, 0.4) is 0 Å². The van der Waals surface area contributed by atoms with Gasteiger partial charge in [-0.2, -0.15) is 0 Å². The van der Waals surface area contributed by atoms with Gasteiger partial charge in [0.2, 0.25) is 0 Å². The molecule has 2 rings (SSSR count). The highest BCUT2D eigenvalue weighted by Crippen LogP contribution is 2.24. The number of rotatable bonds is 6. The van der Waals surface area contributed by atoms with E-state index in [9.17, 15) is 0 Å². The molecule has 1 fully saturated rings. The number of ether oxygens (including phenoxy) is 2. The van der Waals surface area contributed by atoms with Crippen molar-refractivity contribution in [2.24, 2.45) is 0 Å². The lowest BCUT2D eigenvalue weighted by Crippen LogP contribution is -2.36. The maximum atomic E-state index is 5.84. The second kappa shape index (κ2) is 6.92. The minimum Gasteiger partial charge on any atom is -0.491 e. The number of methoxy groups -OCH3 is 1. The molecule has 1 aliphatic carbocycles. The first-order chi connectivity index (χ1) is 9.20. The molecule has 3 heteroatoms. The molecule has 2 unspecified atom stereocenters. The molecule has 0 spiro atoms. The Balaban J connectivity index is 1.95. The van der Waals surface area contributed by atoms with Crippen LogP contribution in [0, 0.1) is 0 Å². The van der Waals surface area contributed by atoms with Gasteiger partial charge in [0, 0.05) is 25.3 Å². The van der Waals surface area contributed by atoms with Crippen LogP contribution < -0.4 is 10.1 Å². The van der Waals surface area contributed by atoms with E-state index in [4.69, 9.17) is 9.47 Å². The third-order valence-corrected chi connectivity index (χ3v) is 3.65. The Labute approximate surface area is 116 Å². The number of nitrogens with one attached hydrogen (secondary N) is 1. The van der Waals surface area contributed by atoms with E-state index in [1.807, 2.05) is 12.1 Å². The molecule has 2 atom stereocenters. The molecule has 0 radical (unpaired) electrons. The summed E-state index contributed by atoms with van der Waals surface area (Å²) in [5, 5.41) is 3.61. The van der Waals surface area contributed by atoms with E-state index < -0.39 is 0 Å². The Morgan fingerprint density at radius 2 is 2.05 bits per heavy atom. The predicted octanol–water partition coefficient (Wildman–Crippen LogP) is 3.13. The average molecular weight is 263 g/mol. The smallest absolute Gasteiger partial charge is 0.124 e. The molecule has 1 aliphatic rings. The Morgan fingerprint density at radius 1 is 1.26 bits per heavy atom. The summed E-state index contributed by atoms with van der Waals surface area (Å²) in [4.78, 5) is 0. The lowest BCUT2D eigenvalue weighted by Gasteiger charge is -2.21. The Bertz CT molecular complexity index is 392. The fourth-order valence-electron chi connectivity index (χ4n) is 2.70. The predicted molar refractivity (Wildman–Crippen MR) is 77.5 cm³/mol. The average Bonchev–Trinajstić information content (AvgIpc) is 2.84. The second-order valence-corrected chi connectivity index (χ2v) is 5.47. The Morgan fingerprint density at radius 3 is 2.79 bits per heavy atom. The summed E-state index contributed by atoms with van der Waals surface area (Å²) in [6.07, 6.45) is 4.18. The standard InChI is InChI=1S/C16H25NO2/c1-12(2)19-15-9-5-4-7-13(15)11-17-14-8-6-10-16(14)18-3/h4-5,7,9,12,14,16-17H,6,8,10-11H2,1-3H3. The van der Waals surface area contributed by atoms with E-state index >= 15 is 0 Å². The summed E-state index contributed by atoms with van der Waals surface area (Å²) < 4.78 is 11.4. The monoisotopic (exact) mass is 263 g/mol.